The number of hydrogen-bond donors (Lipinski definition) is 0. The van der Waals surface area contributed by atoms with E-state index in [1.165, 1.54) is 7.05 Å². The summed E-state index contributed by atoms with van der Waals surface area (Å²) in [6, 6.07) is 7.62. The summed E-state index contributed by atoms with van der Waals surface area (Å²) in [4.78, 5) is 18.1. The number of halogens is 7. The first-order chi connectivity index (χ1) is 16.9. The Bertz CT molecular complexity index is 1350. The Kier molecular flexibility index (Phi) is 7.71. The number of likely N-dealkylation sites (N-methyl/N-ethyl adjacent to an activating group) is 1. The number of benzene rings is 2. The molecule has 1 aliphatic rings. The molecule has 1 atom stereocenters. The van der Waals surface area contributed by atoms with Crippen molar-refractivity contribution in [1.29, 1.82) is 0 Å². The lowest BCUT2D eigenvalue weighted by Crippen LogP contribution is -2.38. The summed E-state index contributed by atoms with van der Waals surface area (Å²) in [6.07, 6.45) is -8.22. The highest BCUT2D eigenvalue weighted by molar-refractivity contribution is 7.91. The molecule has 200 valence electrons. The lowest BCUT2D eigenvalue weighted by molar-refractivity contribution is -0.143. The summed E-state index contributed by atoms with van der Waals surface area (Å²) >= 11 is 6.35. The number of rotatable bonds is 5. The maximum Gasteiger partial charge on any atom is 0.416 e. The first kappa shape index (κ1) is 28.5. The fourth-order valence-electron chi connectivity index (χ4n) is 3.68. The number of hydrogen-bond acceptors (Lipinski definition) is 5. The highest BCUT2D eigenvalue weighted by atomic mass is 35.5. The Balaban J connectivity index is 2.08. The number of nitrogens with zero attached hydrogens (tertiary/aromatic N) is 3. The predicted octanol–water partition coefficient (Wildman–Crippen LogP) is 5.27. The molecule has 0 aliphatic carbocycles. The van der Waals surface area contributed by atoms with Crippen molar-refractivity contribution in [1.82, 2.24) is 9.32 Å². The molecular formula is C23H20ClF6N3O3S. The monoisotopic (exact) mass is 567 g/mol. The van der Waals surface area contributed by atoms with Gasteiger partial charge in [0.15, 0.2) is 9.84 Å². The van der Waals surface area contributed by atoms with Crippen LogP contribution in [0.5, 0.6) is 0 Å². The third-order valence-corrected chi connectivity index (χ3v) is 6.99. The van der Waals surface area contributed by atoms with Crippen molar-refractivity contribution < 1.29 is 39.6 Å². The molecule has 1 amide bonds. The van der Waals surface area contributed by atoms with Gasteiger partial charge in [0.1, 0.15) is 0 Å². The van der Waals surface area contributed by atoms with Gasteiger partial charge in [-0.3, -0.25) is 9.79 Å². The highest BCUT2D eigenvalue weighted by Crippen LogP contribution is 2.37. The number of alkyl halides is 6. The van der Waals surface area contributed by atoms with Gasteiger partial charge < -0.3 is 4.90 Å². The zero-order chi connectivity index (χ0) is 27.9. The van der Waals surface area contributed by atoms with Crippen molar-refractivity contribution in [2.24, 2.45) is 4.99 Å². The lowest BCUT2D eigenvalue weighted by Gasteiger charge is -2.31. The van der Waals surface area contributed by atoms with E-state index in [1.54, 1.807) is 31.2 Å². The van der Waals surface area contributed by atoms with E-state index in [2.05, 4.69) is 4.99 Å². The molecule has 0 N–H and O–H groups in total. The van der Waals surface area contributed by atoms with Crippen LogP contribution in [-0.2, 0) is 33.5 Å². The first-order valence-electron chi connectivity index (χ1n) is 10.4. The molecule has 37 heavy (non-hydrogen) atoms. The van der Waals surface area contributed by atoms with E-state index in [4.69, 9.17) is 11.8 Å². The number of aryl methyl sites for hydroxylation is 1. The molecule has 1 heterocycles. The van der Waals surface area contributed by atoms with E-state index in [1.807, 2.05) is 0 Å². The number of sulfone groups is 1. The van der Waals surface area contributed by atoms with E-state index in [9.17, 15) is 39.6 Å². The second kappa shape index (κ2) is 10.0. The van der Waals surface area contributed by atoms with Gasteiger partial charge >= 0.3 is 12.4 Å². The molecular weight excluding hydrogens is 548 g/mol. The maximum absolute atomic E-state index is 13.4. The molecule has 14 heteroatoms. The number of aliphatic imine (C=N–C) groups is 1. The van der Waals surface area contributed by atoms with Crippen molar-refractivity contribution in [2.75, 3.05) is 13.3 Å². The fourth-order valence-corrected chi connectivity index (χ4v) is 5.07. The molecule has 3 rings (SSSR count). The number of carbonyl (C=O) groups excluding carboxylic acids is 1. The van der Waals surface area contributed by atoms with Gasteiger partial charge in [-0.25, -0.2) is 12.8 Å². The molecule has 0 saturated carbocycles. The molecule has 1 aliphatic heterocycles. The van der Waals surface area contributed by atoms with Gasteiger partial charge in [0.25, 0.3) is 5.91 Å². The summed E-state index contributed by atoms with van der Waals surface area (Å²) in [5.41, 5.74) is -4.24. The number of carbonyl (C=O) groups is 1. The van der Waals surface area contributed by atoms with Gasteiger partial charge in [-0.1, -0.05) is 24.3 Å². The fraction of sp³-hybridized carbons (Fsp3) is 0.304. The van der Waals surface area contributed by atoms with E-state index < -0.39 is 56.8 Å². The standard InChI is InChI=1S/C23H20ClF6N3O3S/c1-13-6-4-5-7-17(13)19-18(11-31-21(33(19)24)37(3,35)36)20(34)32(2)12-14-8-15(22(25,26)27)10-16(9-14)23(28,29)30/h4-11,21H,12H2,1-3H3. The minimum absolute atomic E-state index is 0.00533. The van der Waals surface area contributed by atoms with Crippen LogP contribution in [0, 0.1) is 6.92 Å². The third-order valence-electron chi connectivity index (χ3n) is 5.42. The average Bonchev–Trinajstić information content (AvgIpc) is 2.76. The zero-order valence-electron chi connectivity index (χ0n) is 19.5. The molecule has 0 bridgehead atoms. The molecule has 0 aromatic heterocycles. The van der Waals surface area contributed by atoms with Crippen LogP contribution in [0.4, 0.5) is 26.3 Å². The summed E-state index contributed by atoms with van der Waals surface area (Å²) in [7, 11) is -2.69. The molecule has 0 saturated heterocycles. The Morgan fingerprint density at radius 2 is 1.59 bits per heavy atom. The van der Waals surface area contributed by atoms with Crippen molar-refractivity contribution >= 4 is 39.4 Å². The second-order valence-electron chi connectivity index (χ2n) is 8.40. The third kappa shape index (κ3) is 6.27. The van der Waals surface area contributed by atoms with Gasteiger partial charge in [0.2, 0.25) is 5.50 Å². The summed E-state index contributed by atoms with van der Waals surface area (Å²) in [5, 5.41) is 0. The van der Waals surface area contributed by atoms with Gasteiger partial charge in [-0.2, -0.15) is 26.3 Å². The van der Waals surface area contributed by atoms with Crippen LogP contribution in [0.2, 0.25) is 0 Å². The van der Waals surface area contributed by atoms with Crippen molar-refractivity contribution in [3.05, 3.63) is 75.9 Å². The smallest absolute Gasteiger partial charge is 0.337 e. The highest BCUT2D eigenvalue weighted by Gasteiger charge is 2.38. The van der Waals surface area contributed by atoms with Crippen molar-refractivity contribution in [2.45, 2.75) is 31.3 Å². The largest absolute Gasteiger partial charge is 0.416 e. The average molecular weight is 568 g/mol. The SMILES string of the molecule is Cc1ccccc1C1=C(C(=O)N(C)Cc2cc(C(F)(F)F)cc(C(F)(F)F)c2)C=NC(S(C)(=O)=O)N1Cl. The normalized spacial score (nSPS) is 16.8. The van der Waals surface area contributed by atoms with Crippen LogP contribution >= 0.6 is 11.8 Å². The van der Waals surface area contributed by atoms with Gasteiger partial charge in [0, 0.05) is 43.4 Å². The molecule has 0 fully saturated rings. The summed E-state index contributed by atoms with van der Waals surface area (Å²) < 4.78 is 105. The Morgan fingerprint density at radius 3 is 2.08 bits per heavy atom. The van der Waals surface area contributed by atoms with Crippen LogP contribution in [0.1, 0.15) is 27.8 Å². The molecule has 2 aromatic rings. The maximum atomic E-state index is 13.4. The second-order valence-corrected chi connectivity index (χ2v) is 10.8. The van der Waals surface area contributed by atoms with Crippen LogP contribution in [-0.4, -0.2) is 48.7 Å². The van der Waals surface area contributed by atoms with Gasteiger partial charge in [0.05, 0.1) is 22.4 Å². The quantitative estimate of drug-likeness (QED) is 0.365. The molecule has 0 radical (unpaired) electrons. The predicted molar refractivity (Wildman–Crippen MR) is 126 cm³/mol. The topological polar surface area (TPSA) is 70.0 Å². The minimum Gasteiger partial charge on any atom is -0.337 e. The van der Waals surface area contributed by atoms with E-state index in [0.717, 1.165) is 21.8 Å². The van der Waals surface area contributed by atoms with Crippen molar-refractivity contribution in [3.63, 3.8) is 0 Å². The molecule has 6 nitrogen and oxygen atoms in total. The number of amides is 1. The molecule has 2 aromatic carbocycles. The Labute approximate surface area is 213 Å². The van der Waals surface area contributed by atoms with Gasteiger partial charge in [-0.05, 0) is 36.2 Å². The lowest BCUT2D eigenvalue weighted by atomic mass is 10.00. The molecule has 0 spiro atoms. The summed E-state index contributed by atoms with van der Waals surface area (Å²) in [5.74, 6) is -0.856. The van der Waals surface area contributed by atoms with E-state index in [-0.39, 0.29) is 17.3 Å². The van der Waals surface area contributed by atoms with Crippen LogP contribution in [0.25, 0.3) is 5.70 Å². The van der Waals surface area contributed by atoms with E-state index in [0.29, 0.717) is 23.3 Å². The zero-order valence-corrected chi connectivity index (χ0v) is 21.1. The Hall–Kier alpha value is -3.06. The van der Waals surface area contributed by atoms with Crippen molar-refractivity contribution in [3.8, 4) is 0 Å². The van der Waals surface area contributed by atoms with Crippen LogP contribution < -0.4 is 0 Å². The summed E-state index contributed by atoms with van der Waals surface area (Å²) in [6.45, 7) is 1.06. The first-order valence-corrected chi connectivity index (χ1v) is 12.7. The minimum atomic E-state index is -5.05. The molecule has 1 unspecified atom stereocenters. The van der Waals surface area contributed by atoms with Crippen LogP contribution in [0.3, 0.4) is 0 Å². The van der Waals surface area contributed by atoms with Crippen LogP contribution in [0.15, 0.2) is 53.0 Å². The van der Waals surface area contributed by atoms with Gasteiger partial charge in [-0.15, -0.1) is 0 Å². The van der Waals surface area contributed by atoms with E-state index >= 15 is 0 Å². The Morgan fingerprint density at radius 1 is 1.05 bits per heavy atom.